The first-order valence-corrected chi connectivity index (χ1v) is 5.64. The Morgan fingerprint density at radius 1 is 1.45 bits per heavy atom. The van der Waals surface area contributed by atoms with Crippen molar-refractivity contribution in [2.75, 3.05) is 0 Å². The Labute approximate surface area is 117 Å². The third-order valence-corrected chi connectivity index (χ3v) is 2.54. The minimum absolute atomic E-state index is 0.0672. The van der Waals surface area contributed by atoms with Crippen molar-refractivity contribution in [3.8, 4) is 11.6 Å². The molecule has 2 aromatic rings. The number of nitro benzene ring substituents is 1. The first kappa shape index (κ1) is 13.7. The van der Waals surface area contributed by atoms with Crippen molar-refractivity contribution in [3.05, 3.63) is 51.2 Å². The fraction of sp³-hybridized carbons (Fsp3) is 0. The average Bonchev–Trinajstić information content (AvgIpc) is 2.41. The highest BCUT2D eigenvalue weighted by atomic mass is 35.5. The van der Waals surface area contributed by atoms with Crippen molar-refractivity contribution in [2.24, 2.45) is 5.73 Å². The molecular formula is C11H8ClN5O3. The second-order valence-corrected chi connectivity index (χ2v) is 4.07. The maximum Gasteiger partial charge on any atom is 0.313 e. The normalized spacial score (nSPS) is 10.1. The maximum absolute atomic E-state index is 10.9. The lowest BCUT2D eigenvalue weighted by Gasteiger charge is -2.08. The van der Waals surface area contributed by atoms with Gasteiger partial charge in [-0.3, -0.25) is 15.5 Å². The zero-order valence-corrected chi connectivity index (χ0v) is 10.7. The molecule has 1 aromatic heterocycles. The highest BCUT2D eigenvalue weighted by Crippen LogP contribution is 2.33. The number of rotatable bonds is 4. The van der Waals surface area contributed by atoms with E-state index in [1.54, 1.807) is 0 Å². The number of nitrogens with one attached hydrogen (secondary N) is 1. The van der Waals surface area contributed by atoms with Gasteiger partial charge in [-0.15, -0.1) is 5.10 Å². The summed E-state index contributed by atoms with van der Waals surface area (Å²) < 4.78 is 5.32. The van der Waals surface area contributed by atoms with Gasteiger partial charge in [-0.25, -0.2) is 0 Å². The van der Waals surface area contributed by atoms with Crippen LogP contribution in [0, 0.1) is 15.5 Å². The van der Waals surface area contributed by atoms with Crippen LogP contribution in [0.5, 0.6) is 11.6 Å². The lowest BCUT2D eigenvalue weighted by molar-refractivity contribution is -0.385. The van der Waals surface area contributed by atoms with Crippen molar-refractivity contribution in [1.82, 2.24) is 10.2 Å². The summed E-state index contributed by atoms with van der Waals surface area (Å²) in [5.41, 5.74) is 5.23. The molecule has 0 fully saturated rings. The van der Waals surface area contributed by atoms with Gasteiger partial charge in [0, 0.05) is 11.1 Å². The smallest absolute Gasteiger partial charge is 0.313 e. The van der Waals surface area contributed by atoms with Crippen molar-refractivity contribution >= 4 is 23.1 Å². The molecule has 9 heteroatoms. The van der Waals surface area contributed by atoms with E-state index < -0.39 is 4.92 Å². The molecule has 0 aliphatic carbocycles. The third-order valence-electron chi connectivity index (χ3n) is 2.30. The van der Waals surface area contributed by atoms with E-state index in [1.165, 1.54) is 24.4 Å². The largest absolute Gasteiger partial charge is 0.430 e. The molecule has 0 saturated carbocycles. The van der Waals surface area contributed by atoms with Gasteiger partial charge in [0.2, 0.25) is 11.6 Å². The summed E-state index contributed by atoms with van der Waals surface area (Å²) in [4.78, 5) is 10.3. The van der Waals surface area contributed by atoms with E-state index in [4.69, 9.17) is 27.5 Å². The Hall–Kier alpha value is -2.74. The van der Waals surface area contributed by atoms with Gasteiger partial charge in [-0.2, -0.15) is 5.10 Å². The molecule has 0 radical (unpaired) electrons. The van der Waals surface area contributed by atoms with Crippen LogP contribution in [0.15, 0.2) is 30.5 Å². The van der Waals surface area contributed by atoms with Crippen LogP contribution in [0.2, 0.25) is 5.02 Å². The second kappa shape index (κ2) is 5.49. The van der Waals surface area contributed by atoms with E-state index >= 15 is 0 Å². The molecule has 2 rings (SSSR count). The van der Waals surface area contributed by atoms with Gasteiger partial charge < -0.3 is 10.5 Å². The van der Waals surface area contributed by atoms with Crippen LogP contribution in [0.25, 0.3) is 0 Å². The Balaban J connectivity index is 2.45. The zero-order valence-electron chi connectivity index (χ0n) is 9.91. The van der Waals surface area contributed by atoms with Gasteiger partial charge >= 0.3 is 5.69 Å². The molecule has 0 saturated heterocycles. The summed E-state index contributed by atoms with van der Waals surface area (Å²) in [7, 11) is 0. The van der Waals surface area contributed by atoms with Crippen LogP contribution in [0.1, 0.15) is 5.56 Å². The molecule has 0 bridgehead atoms. The number of nitrogens with zero attached hydrogens (tertiary/aromatic N) is 3. The fourth-order valence-electron chi connectivity index (χ4n) is 1.42. The van der Waals surface area contributed by atoms with Crippen LogP contribution >= 0.6 is 11.6 Å². The molecular weight excluding hydrogens is 286 g/mol. The number of benzene rings is 1. The lowest BCUT2D eigenvalue weighted by atomic mass is 10.2. The number of aromatic nitrogens is 2. The highest BCUT2D eigenvalue weighted by Gasteiger charge is 2.19. The number of nitrogens with two attached hydrogens (primary N) is 1. The molecule has 20 heavy (non-hydrogen) atoms. The van der Waals surface area contributed by atoms with Crippen molar-refractivity contribution in [2.45, 2.75) is 0 Å². The molecule has 0 spiro atoms. The Morgan fingerprint density at radius 3 is 2.85 bits per heavy atom. The van der Waals surface area contributed by atoms with E-state index in [2.05, 4.69) is 10.2 Å². The van der Waals surface area contributed by atoms with Crippen molar-refractivity contribution in [3.63, 3.8) is 0 Å². The first-order chi connectivity index (χ1) is 9.49. The molecule has 0 aliphatic rings. The predicted molar refractivity (Wildman–Crippen MR) is 71.2 cm³/mol. The minimum atomic E-state index is -0.634. The molecule has 0 aliphatic heterocycles. The number of hydrogen-bond donors (Lipinski definition) is 2. The van der Waals surface area contributed by atoms with Crippen molar-refractivity contribution in [1.29, 1.82) is 5.41 Å². The van der Waals surface area contributed by atoms with E-state index in [0.717, 1.165) is 6.07 Å². The summed E-state index contributed by atoms with van der Waals surface area (Å²) in [6.07, 6.45) is 1.33. The Kier molecular flexibility index (Phi) is 3.76. The molecule has 3 N–H and O–H groups in total. The standard InChI is InChI=1S/C11H8ClN5O3/c12-6-1-2-9(8(5-6)17(18)19)20-11-7(10(13)14)3-4-15-16-11/h1-5H,(H3,13,14). The number of amidine groups is 1. The van der Waals surface area contributed by atoms with E-state index in [9.17, 15) is 10.1 Å². The fourth-order valence-corrected chi connectivity index (χ4v) is 1.59. The summed E-state index contributed by atoms with van der Waals surface area (Å²) >= 11 is 5.70. The Bertz CT molecular complexity index is 692. The number of nitrogen functional groups attached to an aromatic ring is 1. The third kappa shape index (κ3) is 2.81. The summed E-state index contributed by atoms with van der Waals surface area (Å²) in [6.45, 7) is 0. The van der Waals surface area contributed by atoms with Crippen LogP contribution in [0.3, 0.4) is 0 Å². The van der Waals surface area contributed by atoms with Gasteiger partial charge in [0.1, 0.15) is 5.84 Å². The highest BCUT2D eigenvalue weighted by molar-refractivity contribution is 6.30. The quantitative estimate of drug-likeness (QED) is 0.384. The SMILES string of the molecule is N=C(N)c1ccnnc1Oc1ccc(Cl)cc1[N+](=O)[O-]. The molecule has 1 heterocycles. The lowest BCUT2D eigenvalue weighted by Crippen LogP contribution is -2.13. The van der Waals surface area contributed by atoms with Gasteiger partial charge in [-0.1, -0.05) is 11.6 Å². The van der Waals surface area contributed by atoms with E-state index in [1.807, 2.05) is 0 Å². The van der Waals surface area contributed by atoms with E-state index in [0.29, 0.717) is 0 Å². The summed E-state index contributed by atoms with van der Waals surface area (Å²) in [6, 6.07) is 5.35. The van der Waals surface area contributed by atoms with E-state index in [-0.39, 0.29) is 33.7 Å². The molecule has 8 nitrogen and oxygen atoms in total. The Morgan fingerprint density at radius 2 is 2.20 bits per heavy atom. The number of hydrogen-bond acceptors (Lipinski definition) is 6. The van der Waals surface area contributed by atoms with Crippen molar-refractivity contribution < 1.29 is 9.66 Å². The molecule has 0 atom stereocenters. The minimum Gasteiger partial charge on any atom is -0.430 e. The predicted octanol–water partition coefficient (Wildman–Crippen LogP) is 2.11. The molecule has 102 valence electrons. The number of halogens is 1. The van der Waals surface area contributed by atoms with Crippen LogP contribution < -0.4 is 10.5 Å². The number of ether oxygens (including phenoxy) is 1. The van der Waals surface area contributed by atoms with Gasteiger partial charge in [0.05, 0.1) is 16.7 Å². The maximum atomic E-state index is 10.9. The molecule has 0 amide bonds. The van der Waals surface area contributed by atoms with Crippen LogP contribution in [0.4, 0.5) is 5.69 Å². The van der Waals surface area contributed by atoms with Gasteiger partial charge in [-0.05, 0) is 18.2 Å². The molecule has 0 unspecified atom stereocenters. The first-order valence-electron chi connectivity index (χ1n) is 5.27. The summed E-state index contributed by atoms with van der Waals surface area (Å²) in [5, 5.41) is 25.8. The second-order valence-electron chi connectivity index (χ2n) is 3.63. The topological polar surface area (TPSA) is 128 Å². The van der Waals surface area contributed by atoms with Gasteiger partial charge in [0.15, 0.2) is 0 Å². The van der Waals surface area contributed by atoms with Crippen LogP contribution in [-0.4, -0.2) is 21.0 Å². The monoisotopic (exact) mass is 293 g/mol. The average molecular weight is 294 g/mol. The molecule has 1 aromatic carbocycles. The van der Waals surface area contributed by atoms with Gasteiger partial charge in [0.25, 0.3) is 0 Å². The zero-order chi connectivity index (χ0) is 14.7. The van der Waals surface area contributed by atoms with Crippen LogP contribution in [-0.2, 0) is 0 Å². The number of nitro groups is 1. The summed E-state index contributed by atoms with van der Waals surface area (Å²) in [5.74, 6) is -0.445.